The van der Waals surface area contributed by atoms with Crippen LogP contribution in [0.25, 0.3) is 10.2 Å². The zero-order chi connectivity index (χ0) is 17.8. The second-order valence-electron chi connectivity index (χ2n) is 6.93. The van der Waals surface area contributed by atoms with Crippen LogP contribution in [0.15, 0.2) is 48.5 Å². The molecule has 1 atom stereocenters. The molecule has 0 bridgehead atoms. The minimum Gasteiger partial charge on any atom is -0.431 e. The summed E-state index contributed by atoms with van der Waals surface area (Å²) in [4.78, 5) is 6.98. The fourth-order valence-corrected chi connectivity index (χ4v) is 4.35. The highest BCUT2D eigenvalue weighted by molar-refractivity contribution is 7.20. The number of hydrogen-bond donors (Lipinski definition) is 1. The summed E-state index contributed by atoms with van der Waals surface area (Å²) in [6, 6.07) is 16.4. The molecule has 0 aliphatic carbocycles. The number of benzene rings is 2. The van der Waals surface area contributed by atoms with Crippen molar-refractivity contribution in [2.75, 3.05) is 26.2 Å². The number of likely N-dealkylation sites (tertiary alicyclic amines) is 1. The maximum atomic E-state index is 9.35. The first-order valence-corrected chi connectivity index (χ1v) is 10.1. The smallest absolute Gasteiger partial charge is 0.279 e. The van der Waals surface area contributed by atoms with Crippen LogP contribution in [0.1, 0.15) is 18.4 Å². The van der Waals surface area contributed by atoms with Crippen LogP contribution < -0.4 is 4.74 Å². The Labute approximate surface area is 158 Å². The van der Waals surface area contributed by atoms with Gasteiger partial charge in [-0.2, -0.15) is 0 Å². The van der Waals surface area contributed by atoms with Crippen LogP contribution in [0.4, 0.5) is 0 Å². The summed E-state index contributed by atoms with van der Waals surface area (Å²) in [5.74, 6) is 1.28. The number of aliphatic hydroxyl groups is 1. The number of para-hydroxylation sites is 1. The van der Waals surface area contributed by atoms with Crippen LogP contribution in [0, 0.1) is 5.92 Å². The molecule has 0 amide bonds. The maximum absolute atomic E-state index is 9.35. The van der Waals surface area contributed by atoms with Crippen molar-refractivity contribution < 1.29 is 9.84 Å². The minimum atomic E-state index is 0.314. The fourth-order valence-electron chi connectivity index (χ4n) is 3.51. The van der Waals surface area contributed by atoms with E-state index in [0.29, 0.717) is 17.7 Å². The van der Waals surface area contributed by atoms with E-state index < -0.39 is 0 Å². The number of ether oxygens (including phenoxy) is 1. The number of fused-ring (bicyclic) bond motifs is 1. The summed E-state index contributed by atoms with van der Waals surface area (Å²) in [6.45, 7) is 3.54. The second-order valence-corrected chi connectivity index (χ2v) is 7.93. The molecule has 1 aliphatic rings. The van der Waals surface area contributed by atoms with Gasteiger partial charge in [0.15, 0.2) is 0 Å². The van der Waals surface area contributed by atoms with E-state index in [2.05, 4.69) is 28.1 Å². The quantitative estimate of drug-likeness (QED) is 0.703. The third-order valence-corrected chi connectivity index (χ3v) is 5.90. The van der Waals surface area contributed by atoms with E-state index in [0.717, 1.165) is 48.4 Å². The molecule has 0 radical (unpaired) electrons. The average Bonchev–Trinajstić information content (AvgIpc) is 3.10. The van der Waals surface area contributed by atoms with E-state index in [1.54, 1.807) is 11.3 Å². The minimum absolute atomic E-state index is 0.314. The number of aliphatic hydroxyl groups excluding tert-OH is 1. The van der Waals surface area contributed by atoms with Gasteiger partial charge < -0.3 is 14.7 Å². The summed E-state index contributed by atoms with van der Waals surface area (Å²) in [6.07, 6.45) is 3.38. The first-order chi connectivity index (χ1) is 12.8. The van der Waals surface area contributed by atoms with Gasteiger partial charge in [-0.05, 0) is 61.6 Å². The number of aromatic nitrogens is 1. The van der Waals surface area contributed by atoms with Gasteiger partial charge in [0, 0.05) is 19.7 Å². The number of rotatable bonds is 6. The van der Waals surface area contributed by atoms with Crippen molar-refractivity contribution in [2.45, 2.75) is 19.3 Å². The van der Waals surface area contributed by atoms with Gasteiger partial charge in [0.2, 0.25) is 0 Å². The van der Waals surface area contributed by atoms with E-state index >= 15 is 0 Å². The lowest BCUT2D eigenvalue weighted by atomic mass is 9.98. The van der Waals surface area contributed by atoms with Gasteiger partial charge >= 0.3 is 0 Å². The van der Waals surface area contributed by atoms with Gasteiger partial charge in [0.05, 0.1) is 10.2 Å². The third kappa shape index (κ3) is 4.23. The topological polar surface area (TPSA) is 45.6 Å². The predicted octanol–water partition coefficient (Wildman–Crippen LogP) is 4.34. The van der Waals surface area contributed by atoms with Crippen molar-refractivity contribution >= 4 is 21.6 Å². The molecule has 0 saturated carbocycles. The number of thiazole rings is 1. The monoisotopic (exact) mass is 368 g/mol. The molecule has 4 rings (SSSR count). The van der Waals surface area contributed by atoms with Crippen LogP contribution >= 0.6 is 11.3 Å². The first-order valence-electron chi connectivity index (χ1n) is 9.26. The second kappa shape index (κ2) is 8.16. The molecule has 4 nitrogen and oxygen atoms in total. The Morgan fingerprint density at radius 3 is 2.81 bits per heavy atom. The van der Waals surface area contributed by atoms with E-state index in [-0.39, 0.29) is 0 Å². The largest absolute Gasteiger partial charge is 0.431 e. The van der Waals surface area contributed by atoms with E-state index in [4.69, 9.17) is 4.74 Å². The molecule has 1 saturated heterocycles. The van der Waals surface area contributed by atoms with Crippen molar-refractivity contribution in [2.24, 2.45) is 5.92 Å². The Bertz CT molecular complexity index is 814. The Morgan fingerprint density at radius 2 is 2.00 bits per heavy atom. The first kappa shape index (κ1) is 17.5. The standard InChI is InChI=1S/C21H24N2O2S/c24-15-17-4-3-12-23(14-17)13-11-16-7-9-18(10-8-16)25-21-22-19-5-1-2-6-20(19)26-21/h1-2,5-10,17,24H,3-4,11-15H2. The number of piperidine rings is 1. The third-order valence-electron chi connectivity index (χ3n) is 4.98. The van der Waals surface area contributed by atoms with Gasteiger partial charge in [-0.1, -0.05) is 35.6 Å². The Kier molecular flexibility index (Phi) is 5.48. The predicted molar refractivity (Wildman–Crippen MR) is 106 cm³/mol. The van der Waals surface area contributed by atoms with Crippen molar-refractivity contribution in [3.8, 4) is 10.9 Å². The van der Waals surface area contributed by atoms with Crippen molar-refractivity contribution in [1.29, 1.82) is 0 Å². The maximum Gasteiger partial charge on any atom is 0.279 e. The zero-order valence-electron chi connectivity index (χ0n) is 14.8. The lowest BCUT2D eigenvalue weighted by molar-refractivity contribution is 0.121. The van der Waals surface area contributed by atoms with Gasteiger partial charge in [0.1, 0.15) is 5.75 Å². The number of hydrogen-bond acceptors (Lipinski definition) is 5. The average molecular weight is 369 g/mol. The summed E-state index contributed by atoms with van der Waals surface area (Å²) < 4.78 is 7.05. The van der Waals surface area contributed by atoms with Crippen LogP contribution in [0.2, 0.25) is 0 Å². The van der Waals surface area contributed by atoms with Crippen LogP contribution in [0.5, 0.6) is 10.9 Å². The summed E-state index contributed by atoms with van der Waals surface area (Å²) in [5.41, 5.74) is 2.29. The lowest BCUT2D eigenvalue weighted by Crippen LogP contribution is -2.37. The Morgan fingerprint density at radius 1 is 1.15 bits per heavy atom. The van der Waals surface area contributed by atoms with Crippen LogP contribution in [-0.2, 0) is 6.42 Å². The Hall–Kier alpha value is -1.95. The van der Waals surface area contributed by atoms with Crippen molar-refractivity contribution in [1.82, 2.24) is 9.88 Å². The van der Waals surface area contributed by atoms with E-state index in [1.165, 1.54) is 12.0 Å². The molecule has 1 unspecified atom stereocenters. The van der Waals surface area contributed by atoms with Crippen molar-refractivity contribution in [3.63, 3.8) is 0 Å². The lowest BCUT2D eigenvalue weighted by Gasteiger charge is -2.31. The Balaban J connectivity index is 1.33. The molecule has 3 aromatic rings. The molecule has 2 aromatic carbocycles. The van der Waals surface area contributed by atoms with E-state index in [9.17, 15) is 5.11 Å². The molecular formula is C21H24N2O2S. The van der Waals surface area contributed by atoms with Crippen LogP contribution in [0.3, 0.4) is 0 Å². The molecule has 26 heavy (non-hydrogen) atoms. The fraction of sp³-hybridized carbons (Fsp3) is 0.381. The molecule has 0 spiro atoms. The molecule has 5 heteroatoms. The molecule has 1 N–H and O–H groups in total. The summed E-state index contributed by atoms with van der Waals surface area (Å²) in [7, 11) is 0. The highest BCUT2D eigenvalue weighted by Crippen LogP contribution is 2.31. The summed E-state index contributed by atoms with van der Waals surface area (Å²) in [5, 5.41) is 10.0. The summed E-state index contributed by atoms with van der Waals surface area (Å²) >= 11 is 1.57. The normalized spacial score (nSPS) is 18.3. The highest BCUT2D eigenvalue weighted by Gasteiger charge is 2.18. The molecule has 1 aromatic heterocycles. The van der Waals surface area contributed by atoms with E-state index in [1.807, 2.05) is 30.3 Å². The molecular weight excluding hydrogens is 344 g/mol. The molecule has 2 heterocycles. The number of nitrogens with zero attached hydrogens (tertiary/aromatic N) is 2. The SMILES string of the molecule is OCC1CCCN(CCc2ccc(Oc3nc4ccccc4s3)cc2)C1. The van der Waals surface area contributed by atoms with Crippen LogP contribution in [-0.4, -0.2) is 41.2 Å². The van der Waals surface area contributed by atoms with Gasteiger partial charge in [-0.25, -0.2) is 4.98 Å². The molecule has 1 fully saturated rings. The molecule has 1 aliphatic heterocycles. The van der Waals surface area contributed by atoms with Gasteiger partial charge in [-0.3, -0.25) is 0 Å². The molecule has 136 valence electrons. The van der Waals surface area contributed by atoms with Gasteiger partial charge in [0.25, 0.3) is 5.19 Å². The van der Waals surface area contributed by atoms with Crippen molar-refractivity contribution in [3.05, 3.63) is 54.1 Å². The zero-order valence-corrected chi connectivity index (χ0v) is 15.6. The highest BCUT2D eigenvalue weighted by atomic mass is 32.1. The van der Waals surface area contributed by atoms with Gasteiger partial charge in [-0.15, -0.1) is 0 Å².